The highest BCUT2D eigenvalue weighted by Crippen LogP contribution is 2.55. The fraction of sp³-hybridized carbons (Fsp3) is 0.312. The molecule has 4 heteroatoms. The normalized spacial score (nSPS) is 12.8. The lowest BCUT2D eigenvalue weighted by atomic mass is 9.70. The van der Waals surface area contributed by atoms with E-state index in [1.165, 1.54) is 92.1 Å². The number of benzene rings is 3. The van der Waals surface area contributed by atoms with Crippen molar-refractivity contribution in [1.29, 1.82) is 0 Å². The highest BCUT2D eigenvalue weighted by atomic mass is 15.1. The van der Waals surface area contributed by atoms with E-state index in [0.29, 0.717) is 0 Å². The van der Waals surface area contributed by atoms with Gasteiger partial charge in [-0.2, -0.15) is 0 Å². The molecule has 0 unspecified atom stereocenters. The maximum atomic E-state index is 4.97. The third-order valence-corrected chi connectivity index (χ3v) is 11.1. The van der Waals surface area contributed by atoms with Crippen molar-refractivity contribution in [2.45, 2.75) is 90.4 Å². The van der Waals surface area contributed by atoms with Crippen molar-refractivity contribution in [1.82, 2.24) is 15.0 Å². The molecule has 0 amide bonds. The third kappa shape index (κ3) is 7.30. The van der Waals surface area contributed by atoms with E-state index in [9.17, 15) is 0 Å². The number of aromatic nitrogens is 3. The van der Waals surface area contributed by atoms with Gasteiger partial charge in [0.1, 0.15) is 0 Å². The van der Waals surface area contributed by atoms with Crippen LogP contribution >= 0.6 is 0 Å². The van der Waals surface area contributed by atoms with E-state index in [4.69, 9.17) is 4.98 Å². The molecule has 264 valence electrons. The Labute approximate surface area is 311 Å². The summed E-state index contributed by atoms with van der Waals surface area (Å²) in [6, 6.07) is 39.5. The van der Waals surface area contributed by atoms with Crippen molar-refractivity contribution in [3.63, 3.8) is 0 Å². The molecule has 3 heterocycles. The summed E-state index contributed by atoms with van der Waals surface area (Å²) in [5.41, 5.74) is 15.4. The van der Waals surface area contributed by atoms with E-state index in [2.05, 4.69) is 115 Å². The average molecular weight is 685 g/mol. The van der Waals surface area contributed by atoms with Crippen LogP contribution in [0.5, 0.6) is 0 Å². The van der Waals surface area contributed by atoms with Gasteiger partial charge < -0.3 is 4.90 Å². The Morgan fingerprint density at radius 2 is 1.08 bits per heavy atom. The second-order valence-electron chi connectivity index (χ2n) is 14.6. The number of nitrogens with zero attached hydrogens (tertiary/aromatic N) is 4. The van der Waals surface area contributed by atoms with Crippen LogP contribution in [0.25, 0.3) is 45.0 Å². The lowest BCUT2D eigenvalue weighted by molar-refractivity contribution is 0.401. The van der Waals surface area contributed by atoms with Crippen LogP contribution < -0.4 is 4.90 Å². The van der Waals surface area contributed by atoms with Crippen LogP contribution in [0, 0.1) is 6.92 Å². The smallest absolute Gasteiger partial charge is 0.0900 e. The van der Waals surface area contributed by atoms with Gasteiger partial charge >= 0.3 is 0 Å². The van der Waals surface area contributed by atoms with E-state index in [0.717, 1.165) is 39.6 Å². The molecule has 6 aromatic rings. The van der Waals surface area contributed by atoms with Crippen LogP contribution in [0.1, 0.15) is 94.7 Å². The molecule has 3 aromatic heterocycles. The monoisotopic (exact) mass is 684 g/mol. The van der Waals surface area contributed by atoms with Crippen molar-refractivity contribution in [2.75, 3.05) is 11.9 Å². The summed E-state index contributed by atoms with van der Waals surface area (Å²) in [4.78, 5) is 16.5. The fourth-order valence-corrected chi connectivity index (χ4v) is 8.19. The van der Waals surface area contributed by atoms with Gasteiger partial charge in [-0.15, -0.1) is 0 Å². The molecule has 0 atom stereocenters. The molecular weight excluding hydrogens is 633 g/mol. The molecule has 0 fully saturated rings. The molecule has 0 bridgehead atoms. The van der Waals surface area contributed by atoms with Gasteiger partial charge in [-0.25, -0.2) is 4.98 Å². The lowest BCUT2D eigenvalue weighted by Gasteiger charge is -2.34. The standard InChI is InChI=1S/C48H52N4/c1-5-7-9-13-27-48(28-14-10-8-6-2)42-31-35(3)19-25-40(42)41-26-24-39(34-43(41)48)52(4)38-22-20-36(21-23-38)37-32-46(44-17-11-15-29-49-44)51-47(33-37)45-18-12-16-30-50-45/h11-12,15-26,29-34H,5-10,13-14,27-28H2,1-4H3. The molecular formula is C48H52N4. The Kier molecular flexibility index (Phi) is 10.9. The molecule has 0 N–H and O–H groups in total. The van der Waals surface area contributed by atoms with Gasteiger partial charge in [-0.1, -0.05) is 119 Å². The van der Waals surface area contributed by atoms with E-state index in [1.54, 1.807) is 5.56 Å². The minimum Gasteiger partial charge on any atom is -0.345 e. The quantitative estimate of drug-likeness (QED) is 0.101. The maximum Gasteiger partial charge on any atom is 0.0900 e. The van der Waals surface area contributed by atoms with Crippen molar-refractivity contribution in [2.24, 2.45) is 0 Å². The van der Waals surface area contributed by atoms with Gasteiger partial charge in [0, 0.05) is 36.2 Å². The predicted octanol–water partition coefficient (Wildman–Crippen LogP) is 13.2. The molecule has 0 aliphatic heterocycles. The lowest BCUT2D eigenvalue weighted by Crippen LogP contribution is -2.26. The molecule has 1 aliphatic carbocycles. The first-order valence-corrected chi connectivity index (χ1v) is 19.5. The first-order valence-electron chi connectivity index (χ1n) is 19.5. The summed E-state index contributed by atoms with van der Waals surface area (Å²) in [5, 5.41) is 0. The van der Waals surface area contributed by atoms with Crippen molar-refractivity contribution < 1.29 is 0 Å². The summed E-state index contributed by atoms with van der Waals surface area (Å²) in [7, 11) is 2.21. The zero-order valence-corrected chi connectivity index (χ0v) is 31.4. The maximum absolute atomic E-state index is 4.97. The fourth-order valence-electron chi connectivity index (χ4n) is 8.19. The number of anilines is 2. The van der Waals surface area contributed by atoms with E-state index < -0.39 is 0 Å². The van der Waals surface area contributed by atoms with Crippen molar-refractivity contribution >= 4 is 11.4 Å². The number of pyridine rings is 3. The van der Waals surface area contributed by atoms with Crippen LogP contribution in [0.4, 0.5) is 11.4 Å². The van der Waals surface area contributed by atoms with E-state index >= 15 is 0 Å². The van der Waals surface area contributed by atoms with Crippen LogP contribution in [-0.4, -0.2) is 22.0 Å². The van der Waals surface area contributed by atoms with Gasteiger partial charge in [0.2, 0.25) is 0 Å². The Balaban J connectivity index is 1.23. The van der Waals surface area contributed by atoms with Crippen molar-refractivity contribution in [3.05, 3.63) is 138 Å². The minimum atomic E-state index is 0.0663. The number of hydrogen-bond donors (Lipinski definition) is 0. The topological polar surface area (TPSA) is 41.9 Å². The van der Waals surface area contributed by atoms with Gasteiger partial charge in [-0.3, -0.25) is 9.97 Å². The van der Waals surface area contributed by atoms with Gasteiger partial charge in [0.05, 0.1) is 22.8 Å². The highest BCUT2D eigenvalue weighted by molar-refractivity contribution is 5.84. The number of hydrogen-bond acceptors (Lipinski definition) is 4. The minimum absolute atomic E-state index is 0.0663. The Morgan fingerprint density at radius 3 is 1.63 bits per heavy atom. The van der Waals surface area contributed by atoms with E-state index in [1.807, 2.05) is 48.8 Å². The predicted molar refractivity (Wildman–Crippen MR) is 219 cm³/mol. The Morgan fingerprint density at radius 1 is 0.519 bits per heavy atom. The zero-order chi connectivity index (χ0) is 35.9. The average Bonchev–Trinajstić information content (AvgIpc) is 3.46. The van der Waals surface area contributed by atoms with Gasteiger partial charge in [0.15, 0.2) is 0 Å². The largest absolute Gasteiger partial charge is 0.345 e. The molecule has 0 spiro atoms. The van der Waals surface area contributed by atoms with Crippen LogP contribution in [0.15, 0.2) is 122 Å². The zero-order valence-electron chi connectivity index (χ0n) is 31.4. The van der Waals surface area contributed by atoms with Crippen LogP contribution in [-0.2, 0) is 5.41 Å². The van der Waals surface area contributed by atoms with Gasteiger partial charge in [0.25, 0.3) is 0 Å². The van der Waals surface area contributed by atoms with Crippen molar-refractivity contribution in [3.8, 4) is 45.0 Å². The van der Waals surface area contributed by atoms with Crippen LogP contribution in [0.2, 0.25) is 0 Å². The second-order valence-corrected chi connectivity index (χ2v) is 14.6. The molecule has 0 radical (unpaired) electrons. The number of rotatable bonds is 15. The first-order chi connectivity index (χ1) is 25.5. The van der Waals surface area contributed by atoms with Crippen LogP contribution in [0.3, 0.4) is 0 Å². The number of unbranched alkanes of at least 4 members (excludes halogenated alkanes) is 6. The SMILES string of the molecule is CCCCCCC1(CCCCCC)c2cc(C)ccc2-c2ccc(N(C)c3ccc(-c4cc(-c5ccccn5)nc(-c5ccccn5)c4)cc3)cc21. The highest BCUT2D eigenvalue weighted by Gasteiger charge is 2.42. The molecule has 52 heavy (non-hydrogen) atoms. The second kappa shape index (κ2) is 16.1. The third-order valence-electron chi connectivity index (χ3n) is 11.1. The summed E-state index contributed by atoms with van der Waals surface area (Å²) in [5.74, 6) is 0. The molecule has 4 nitrogen and oxygen atoms in total. The number of aryl methyl sites for hydroxylation is 1. The molecule has 7 rings (SSSR count). The van der Waals surface area contributed by atoms with E-state index in [-0.39, 0.29) is 5.41 Å². The molecule has 1 aliphatic rings. The summed E-state index contributed by atoms with van der Waals surface area (Å²) in [6.45, 7) is 6.89. The summed E-state index contributed by atoms with van der Waals surface area (Å²) >= 11 is 0. The molecule has 3 aromatic carbocycles. The summed E-state index contributed by atoms with van der Waals surface area (Å²) in [6.07, 6.45) is 16.4. The Bertz CT molecular complexity index is 2020. The first kappa shape index (κ1) is 35.3. The Hall–Kier alpha value is -5.09. The molecule has 0 saturated heterocycles. The molecule has 0 saturated carbocycles. The number of fused-ring (bicyclic) bond motifs is 3. The summed E-state index contributed by atoms with van der Waals surface area (Å²) < 4.78 is 0. The van der Waals surface area contributed by atoms with Gasteiger partial charge in [-0.05, 0) is 114 Å².